The van der Waals surface area contributed by atoms with Gasteiger partial charge < -0.3 is 9.47 Å². The summed E-state index contributed by atoms with van der Waals surface area (Å²) in [5, 5.41) is 0.637. The number of carbonyl (C=O) groups is 1. The van der Waals surface area contributed by atoms with E-state index in [1.54, 1.807) is 12.2 Å². The summed E-state index contributed by atoms with van der Waals surface area (Å²) in [6.45, 7) is 6.43. The Morgan fingerprint density at radius 1 is 1.26 bits per heavy atom. The van der Waals surface area contributed by atoms with Gasteiger partial charge in [0.05, 0.1) is 6.54 Å². The molecule has 3 aromatic rings. The Morgan fingerprint density at radius 3 is 2.81 bits per heavy atom. The molecule has 0 bridgehead atoms. The average molecular weight is 437 g/mol. The summed E-state index contributed by atoms with van der Waals surface area (Å²) in [7, 11) is 0. The first-order valence-electron chi connectivity index (χ1n) is 11.0. The van der Waals surface area contributed by atoms with Crippen molar-refractivity contribution < 1.29 is 4.79 Å². The van der Waals surface area contributed by atoms with Gasteiger partial charge in [-0.3, -0.25) is 4.79 Å². The molecule has 0 atom stereocenters. The Hall–Kier alpha value is -2.66. The number of fused-ring (bicyclic) bond motifs is 1. The van der Waals surface area contributed by atoms with Crippen LogP contribution in [-0.2, 0) is 17.9 Å². The van der Waals surface area contributed by atoms with Gasteiger partial charge in [0.2, 0.25) is 5.91 Å². The quantitative estimate of drug-likeness (QED) is 0.411. The number of benzene rings is 1. The molecule has 1 aliphatic carbocycles. The van der Waals surface area contributed by atoms with Crippen molar-refractivity contribution in [3.8, 4) is 0 Å². The first-order valence-corrected chi connectivity index (χ1v) is 11.4. The maximum atomic E-state index is 13.1. The van der Waals surface area contributed by atoms with Crippen LogP contribution in [0.4, 0.5) is 0 Å². The minimum Gasteiger partial charge on any atom is -0.332 e. The summed E-state index contributed by atoms with van der Waals surface area (Å²) in [5.74, 6) is 2.08. The molecule has 0 saturated heterocycles. The van der Waals surface area contributed by atoms with Crippen molar-refractivity contribution >= 4 is 34.7 Å². The fraction of sp³-hybridized carbons (Fsp3) is 0.400. The maximum Gasteiger partial charge on any atom is 0.246 e. The van der Waals surface area contributed by atoms with E-state index in [-0.39, 0.29) is 5.91 Å². The lowest BCUT2D eigenvalue weighted by Crippen LogP contribution is -2.32. The van der Waals surface area contributed by atoms with Crippen molar-refractivity contribution in [2.24, 2.45) is 11.8 Å². The normalized spacial score (nSPS) is 14.1. The van der Waals surface area contributed by atoms with Crippen LogP contribution < -0.4 is 0 Å². The van der Waals surface area contributed by atoms with Gasteiger partial charge in [0.1, 0.15) is 11.3 Å². The molecule has 2 aromatic heterocycles. The van der Waals surface area contributed by atoms with Crippen LogP contribution >= 0.6 is 11.6 Å². The van der Waals surface area contributed by atoms with Crippen LogP contribution in [0.3, 0.4) is 0 Å². The number of carbonyl (C=O) groups excluding carboxylic acids is 1. The number of halogens is 1. The average Bonchev–Trinajstić information content (AvgIpc) is 3.51. The van der Waals surface area contributed by atoms with E-state index in [4.69, 9.17) is 16.6 Å². The zero-order valence-electron chi connectivity index (χ0n) is 18.2. The van der Waals surface area contributed by atoms with E-state index in [0.29, 0.717) is 29.9 Å². The van der Waals surface area contributed by atoms with Crippen LogP contribution in [0.5, 0.6) is 0 Å². The van der Waals surface area contributed by atoms with Gasteiger partial charge in [-0.25, -0.2) is 9.97 Å². The molecule has 1 aromatic carbocycles. The molecule has 0 unspecified atom stereocenters. The van der Waals surface area contributed by atoms with Crippen LogP contribution in [0.1, 0.15) is 44.5 Å². The van der Waals surface area contributed by atoms with Gasteiger partial charge in [-0.1, -0.05) is 43.6 Å². The molecule has 0 spiro atoms. The largest absolute Gasteiger partial charge is 0.332 e. The SMILES string of the molecule is CC(C)CCN(Cc1nc2cccnc2n1CC1CC1)C(=O)/C=C/c1ccccc1Cl. The number of aromatic nitrogens is 3. The molecule has 1 aliphatic rings. The molecular weight excluding hydrogens is 408 g/mol. The monoisotopic (exact) mass is 436 g/mol. The summed E-state index contributed by atoms with van der Waals surface area (Å²) in [5.41, 5.74) is 2.64. The van der Waals surface area contributed by atoms with E-state index in [9.17, 15) is 4.79 Å². The van der Waals surface area contributed by atoms with E-state index in [2.05, 4.69) is 23.4 Å². The number of hydrogen-bond acceptors (Lipinski definition) is 3. The Morgan fingerprint density at radius 2 is 2.06 bits per heavy atom. The molecule has 4 rings (SSSR count). The van der Waals surface area contributed by atoms with Crippen molar-refractivity contribution in [2.75, 3.05) is 6.54 Å². The predicted molar refractivity (Wildman–Crippen MR) is 126 cm³/mol. The highest BCUT2D eigenvalue weighted by Gasteiger charge is 2.25. The summed E-state index contributed by atoms with van der Waals surface area (Å²) >= 11 is 6.24. The van der Waals surface area contributed by atoms with Gasteiger partial charge in [0, 0.05) is 30.4 Å². The van der Waals surface area contributed by atoms with Crippen molar-refractivity contribution in [3.05, 3.63) is 65.1 Å². The first-order chi connectivity index (χ1) is 15.0. The maximum absolute atomic E-state index is 13.1. The topological polar surface area (TPSA) is 51.0 Å². The second-order valence-corrected chi connectivity index (χ2v) is 9.13. The lowest BCUT2D eigenvalue weighted by molar-refractivity contribution is -0.126. The second kappa shape index (κ2) is 9.65. The molecule has 31 heavy (non-hydrogen) atoms. The Kier molecular flexibility index (Phi) is 6.71. The van der Waals surface area contributed by atoms with Gasteiger partial charge in [-0.15, -0.1) is 0 Å². The van der Waals surface area contributed by atoms with E-state index in [1.165, 1.54) is 12.8 Å². The van der Waals surface area contributed by atoms with Crippen molar-refractivity contribution in [1.82, 2.24) is 19.4 Å². The fourth-order valence-electron chi connectivity index (χ4n) is 3.61. The summed E-state index contributed by atoms with van der Waals surface area (Å²) in [4.78, 5) is 24.4. The predicted octanol–water partition coefficient (Wildman–Crippen LogP) is 5.58. The molecule has 5 nitrogen and oxygen atoms in total. The zero-order chi connectivity index (χ0) is 21.8. The number of nitrogens with zero attached hydrogens (tertiary/aromatic N) is 4. The minimum absolute atomic E-state index is 0.0291. The first kappa shape index (κ1) is 21.6. The standard InChI is InChI=1S/C25H29ClN4O/c1-18(2)13-15-29(24(31)12-11-20-6-3-4-7-21(20)26)17-23-28-22-8-5-14-27-25(22)30(23)16-19-9-10-19/h3-8,11-12,14,18-19H,9-10,13,15-17H2,1-2H3/b12-11+. The molecular formula is C25H29ClN4O. The highest BCUT2D eigenvalue weighted by Crippen LogP contribution is 2.32. The van der Waals surface area contributed by atoms with Gasteiger partial charge in [0.25, 0.3) is 0 Å². The molecule has 0 aliphatic heterocycles. The number of rotatable bonds is 9. The minimum atomic E-state index is -0.0291. The smallest absolute Gasteiger partial charge is 0.246 e. The van der Waals surface area contributed by atoms with Gasteiger partial charge in [-0.2, -0.15) is 0 Å². The summed E-state index contributed by atoms with van der Waals surface area (Å²) < 4.78 is 2.21. The Balaban J connectivity index is 1.59. The van der Waals surface area contributed by atoms with Crippen molar-refractivity contribution in [3.63, 3.8) is 0 Å². The van der Waals surface area contributed by atoms with Crippen molar-refractivity contribution in [1.29, 1.82) is 0 Å². The lowest BCUT2D eigenvalue weighted by Gasteiger charge is -2.22. The molecule has 1 fully saturated rings. The number of amides is 1. The van der Waals surface area contributed by atoms with Crippen molar-refractivity contribution in [2.45, 2.75) is 46.2 Å². The Labute approximate surface area is 188 Å². The molecule has 0 radical (unpaired) electrons. The number of imidazole rings is 1. The highest BCUT2D eigenvalue weighted by molar-refractivity contribution is 6.32. The van der Waals surface area contributed by atoms with Crippen LogP contribution in [0.25, 0.3) is 17.2 Å². The van der Waals surface area contributed by atoms with Gasteiger partial charge in [-0.05, 0) is 60.9 Å². The van der Waals surface area contributed by atoms with E-state index >= 15 is 0 Å². The molecule has 2 heterocycles. The number of pyridine rings is 1. The molecule has 1 amide bonds. The fourth-order valence-corrected chi connectivity index (χ4v) is 3.80. The third-order valence-corrected chi connectivity index (χ3v) is 6.00. The van der Waals surface area contributed by atoms with Crippen LogP contribution in [-0.4, -0.2) is 31.9 Å². The third kappa shape index (κ3) is 5.53. The lowest BCUT2D eigenvalue weighted by atomic mass is 10.1. The van der Waals surface area contributed by atoms with Crippen LogP contribution in [0.15, 0.2) is 48.7 Å². The molecule has 0 N–H and O–H groups in total. The molecule has 162 valence electrons. The summed E-state index contributed by atoms with van der Waals surface area (Å²) in [6.07, 6.45) is 8.67. The molecule has 1 saturated carbocycles. The second-order valence-electron chi connectivity index (χ2n) is 8.73. The van der Waals surface area contributed by atoms with E-state index < -0.39 is 0 Å². The highest BCUT2D eigenvalue weighted by atomic mass is 35.5. The van der Waals surface area contributed by atoms with Crippen LogP contribution in [0, 0.1) is 11.8 Å². The number of hydrogen-bond donors (Lipinski definition) is 0. The zero-order valence-corrected chi connectivity index (χ0v) is 18.9. The van der Waals surface area contributed by atoms with Crippen LogP contribution in [0.2, 0.25) is 5.02 Å². The van der Waals surface area contributed by atoms with E-state index in [1.807, 2.05) is 47.5 Å². The van der Waals surface area contributed by atoms with Gasteiger partial charge in [0.15, 0.2) is 5.65 Å². The Bertz CT molecular complexity index is 1080. The van der Waals surface area contributed by atoms with Gasteiger partial charge >= 0.3 is 0 Å². The third-order valence-electron chi connectivity index (χ3n) is 5.65. The van der Waals surface area contributed by atoms with E-state index in [0.717, 1.165) is 35.5 Å². The summed E-state index contributed by atoms with van der Waals surface area (Å²) in [6, 6.07) is 11.4. The molecule has 6 heteroatoms.